The Morgan fingerprint density at radius 1 is 1.15 bits per heavy atom. The number of ether oxygens (including phenoxy) is 1. The molecule has 0 bridgehead atoms. The van der Waals surface area contributed by atoms with Crippen molar-refractivity contribution >= 4 is 23.1 Å². The quantitative estimate of drug-likeness (QED) is 0.318. The van der Waals surface area contributed by atoms with E-state index in [1.165, 1.54) is 23.6 Å². The van der Waals surface area contributed by atoms with Crippen LogP contribution in [-0.4, -0.2) is 50.8 Å². The van der Waals surface area contributed by atoms with Gasteiger partial charge in [-0.25, -0.2) is 13.8 Å². The van der Waals surface area contributed by atoms with Crippen LogP contribution in [0.15, 0.2) is 48.9 Å². The Kier molecular flexibility index (Phi) is 6.95. The van der Waals surface area contributed by atoms with Crippen molar-refractivity contribution in [2.24, 2.45) is 11.7 Å². The van der Waals surface area contributed by atoms with E-state index in [1.807, 2.05) is 13.0 Å². The van der Waals surface area contributed by atoms with Gasteiger partial charge in [0.15, 0.2) is 0 Å². The van der Waals surface area contributed by atoms with Gasteiger partial charge in [0.1, 0.15) is 11.6 Å². The highest BCUT2D eigenvalue weighted by Crippen LogP contribution is 2.40. The van der Waals surface area contributed by atoms with Crippen LogP contribution >= 0.6 is 0 Å². The number of fused-ring (bicyclic) bond motifs is 1. The molecule has 4 atom stereocenters. The van der Waals surface area contributed by atoms with Gasteiger partial charge in [-0.2, -0.15) is 9.61 Å². The van der Waals surface area contributed by atoms with Gasteiger partial charge in [-0.05, 0) is 66.1 Å². The molecule has 11 heteroatoms. The molecule has 1 saturated carbocycles. The maximum atomic E-state index is 15.3. The summed E-state index contributed by atoms with van der Waals surface area (Å²) in [5.74, 6) is -0.737. The molecule has 4 heterocycles. The van der Waals surface area contributed by atoms with Crippen LogP contribution in [0.1, 0.15) is 50.7 Å². The average Bonchev–Trinajstić information content (AvgIpc) is 3.31. The van der Waals surface area contributed by atoms with Gasteiger partial charge >= 0.3 is 0 Å². The number of pyridine rings is 1. The van der Waals surface area contributed by atoms with Crippen LogP contribution in [0.2, 0.25) is 0 Å². The van der Waals surface area contributed by atoms with Crippen molar-refractivity contribution in [2.45, 2.75) is 57.0 Å². The SMILES string of the molecule is CC(=O)NC1C(C)CC(c2ccncc2Nc2ncc3ccc(-c4c(F)cc(C5(C)COC5)cc4F)nn23)CC1N. The molecule has 1 aliphatic carbocycles. The van der Waals surface area contributed by atoms with Gasteiger partial charge in [0.2, 0.25) is 11.9 Å². The Labute approximate surface area is 236 Å². The van der Waals surface area contributed by atoms with Crippen LogP contribution in [0, 0.1) is 17.6 Å². The molecule has 6 rings (SSSR count). The maximum absolute atomic E-state index is 15.3. The largest absolute Gasteiger partial charge is 0.379 e. The fourth-order valence-corrected chi connectivity index (χ4v) is 6.16. The number of carbonyl (C=O) groups is 1. The van der Waals surface area contributed by atoms with Crippen molar-refractivity contribution < 1.29 is 18.3 Å². The summed E-state index contributed by atoms with van der Waals surface area (Å²) in [6, 6.07) is 7.73. The van der Waals surface area contributed by atoms with Gasteiger partial charge in [-0.3, -0.25) is 9.78 Å². The number of nitrogens with zero attached hydrogens (tertiary/aromatic N) is 4. The van der Waals surface area contributed by atoms with Crippen molar-refractivity contribution in [2.75, 3.05) is 18.5 Å². The zero-order chi connectivity index (χ0) is 28.9. The number of hydrogen-bond acceptors (Lipinski definition) is 7. The molecular formula is C30H33F2N7O2. The molecule has 3 aromatic heterocycles. The first kappa shape index (κ1) is 27.2. The number of amides is 1. The van der Waals surface area contributed by atoms with Crippen molar-refractivity contribution in [1.82, 2.24) is 24.9 Å². The summed E-state index contributed by atoms with van der Waals surface area (Å²) in [4.78, 5) is 20.5. The first-order valence-electron chi connectivity index (χ1n) is 13.8. The van der Waals surface area contributed by atoms with Crippen molar-refractivity contribution in [1.29, 1.82) is 0 Å². The molecule has 4 unspecified atom stereocenters. The molecule has 0 spiro atoms. The number of benzene rings is 1. The number of halogens is 2. The highest BCUT2D eigenvalue weighted by Gasteiger charge is 2.37. The topological polar surface area (TPSA) is 119 Å². The zero-order valence-electron chi connectivity index (χ0n) is 23.2. The van der Waals surface area contributed by atoms with E-state index < -0.39 is 17.0 Å². The van der Waals surface area contributed by atoms with E-state index >= 15 is 8.78 Å². The minimum absolute atomic E-state index is 0.0828. The summed E-state index contributed by atoms with van der Waals surface area (Å²) < 4.78 is 37.3. The van der Waals surface area contributed by atoms with E-state index in [-0.39, 0.29) is 41.1 Å². The molecule has 1 aromatic carbocycles. The molecule has 4 aromatic rings. The minimum atomic E-state index is -0.676. The van der Waals surface area contributed by atoms with E-state index in [1.54, 1.807) is 30.7 Å². The summed E-state index contributed by atoms with van der Waals surface area (Å²) in [6.07, 6.45) is 6.63. The molecule has 9 nitrogen and oxygen atoms in total. The lowest BCUT2D eigenvalue weighted by Crippen LogP contribution is -2.54. The molecule has 41 heavy (non-hydrogen) atoms. The second-order valence-electron chi connectivity index (χ2n) is 11.6. The Morgan fingerprint density at radius 2 is 1.90 bits per heavy atom. The number of nitrogens with two attached hydrogens (primary N) is 1. The maximum Gasteiger partial charge on any atom is 0.229 e. The van der Waals surface area contributed by atoms with Gasteiger partial charge < -0.3 is 21.1 Å². The molecule has 0 radical (unpaired) electrons. The predicted octanol–water partition coefficient (Wildman–Crippen LogP) is 4.45. The number of carbonyl (C=O) groups excluding carboxylic acids is 1. The van der Waals surface area contributed by atoms with Crippen LogP contribution in [-0.2, 0) is 14.9 Å². The molecule has 1 amide bonds. The summed E-state index contributed by atoms with van der Waals surface area (Å²) >= 11 is 0. The van der Waals surface area contributed by atoms with Crippen LogP contribution < -0.4 is 16.4 Å². The van der Waals surface area contributed by atoms with Gasteiger partial charge in [-0.15, -0.1) is 0 Å². The van der Waals surface area contributed by atoms with Crippen LogP contribution in [0.4, 0.5) is 20.4 Å². The highest BCUT2D eigenvalue weighted by atomic mass is 19.1. The predicted molar refractivity (Wildman–Crippen MR) is 151 cm³/mol. The van der Waals surface area contributed by atoms with Gasteiger partial charge in [0.05, 0.1) is 48.1 Å². The molecule has 2 fully saturated rings. The molecule has 2 aliphatic rings. The van der Waals surface area contributed by atoms with Crippen LogP contribution in [0.3, 0.4) is 0 Å². The highest BCUT2D eigenvalue weighted by molar-refractivity contribution is 5.73. The van der Waals surface area contributed by atoms with Crippen molar-refractivity contribution in [3.8, 4) is 11.3 Å². The van der Waals surface area contributed by atoms with E-state index in [0.717, 1.165) is 17.7 Å². The summed E-state index contributed by atoms with van der Waals surface area (Å²) in [5, 5.41) is 10.9. The Morgan fingerprint density at radius 3 is 2.56 bits per heavy atom. The van der Waals surface area contributed by atoms with E-state index in [2.05, 4.69) is 32.6 Å². The standard InChI is InChI=1S/C30H33F2N7O2/c1-16-8-18(9-24(33)28(16)36-17(2)40)21-6-7-34-13-26(21)37-29-35-12-20-4-5-25(38-39(20)29)27-22(31)10-19(11-23(27)32)30(3)14-41-15-30/h4-7,10-13,16,18,24,28H,8-9,14-15,33H2,1-3H3,(H,35,37)(H,36,40). The first-order chi connectivity index (χ1) is 19.6. The fraction of sp³-hybridized carbons (Fsp3) is 0.400. The minimum Gasteiger partial charge on any atom is -0.379 e. The monoisotopic (exact) mass is 561 g/mol. The Hall–Kier alpha value is -3.96. The average molecular weight is 562 g/mol. The third-order valence-corrected chi connectivity index (χ3v) is 8.42. The summed E-state index contributed by atoms with van der Waals surface area (Å²) in [7, 11) is 0. The Bertz CT molecular complexity index is 1580. The number of rotatable bonds is 6. The second kappa shape index (κ2) is 10.5. The second-order valence-corrected chi connectivity index (χ2v) is 11.6. The van der Waals surface area contributed by atoms with Gasteiger partial charge in [0, 0.05) is 30.6 Å². The molecular weight excluding hydrogens is 528 g/mol. The lowest BCUT2D eigenvalue weighted by Gasteiger charge is -2.39. The van der Waals surface area contributed by atoms with Crippen LogP contribution in [0.25, 0.3) is 16.8 Å². The fourth-order valence-electron chi connectivity index (χ4n) is 6.16. The smallest absolute Gasteiger partial charge is 0.229 e. The summed E-state index contributed by atoms with van der Waals surface area (Å²) in [6.45, 7) is 6.38. The third kappa shape index (κ3) is 5.04. The van der Waals surface area contributed by atoms with Gasteiger partial charge in [0.25, 0.3) is 0 Å². The normalized spacial score (nSPS) is 23.7. The van der Waals surface area contributed by atoms with Crippen molar-refractivity contribution in [3.63, 3.8) is 0 Å². The molecule has 1 aliphatic heterocycles. The molecule has 214 valence electrons. The van der Waals surface area contributed by atoms with Gasteiger partial charge in [-0.1, -0.05) is 13.8 Å². The summed E-state index contributed by atoms with van der Waals surface area (Å²) in [5.41, 5.74) is 9.05. The van der Waals surface area contributed by atoms with E-state index in [0.29, 0.717) is 36.7 Å². The number of aromatic nitrogens is 4. The van der Waals surface area contributed by atoms with E-state index in [9.17, 15) is 4.79 Å². The van der Waals surface area contributed by atoms with Crippen LogP contribution in [0.5, 0.6) is 0 Å². The van der Waals surface area contributed by atoms with E-state index in [4.69, 9.17) is 10.5 Å². The lowest BCUT2D eigenvalue weighted by molar-refractivity contribution is -0.120. The molecule has 1 saturated heterocycles. The zero-order valence-corrected chi connectivity index (χ0v) is 23.2. The Balaban J connectivity index is 1.30. The number of nitrogens with one attached hydrogen (secondary N) is 2. The number of anilines is 2. The first-order valence-corrected chi connectivity index (χ1v) is 13.8. The lowest BCUT2D eigenvalue weighted by atomic mass is 9.73. The molecule has 4 N–H and O–H groups in total. The third-order valence-electron chi connectivity index (χ3n) is 8.42. The number of hydrogen-bond donors (Lipinski definition) is 3. The number of imidazole rings is 1. The van der Waals surface area contributed by atoms with Crippen molar-refractivity contribution in [3.05, 3.63) is 71.7 Å².